The summed E-state index contributed by atoms with van der Waals surface area (Å²) in [6, 6.07) is 8.68. The number of aliphatic imine (C=N–C) groups is 1. The second-order valence-corrected chi connectivity index (χ2v) is 10.7. The van der Waals surface area contributed by atoms with E-state index in [9.17, 15) is 8.42 Å². The number of benzene rings is 1. The number of thiazole rings is 1. The van der Waals surface area contributed by atoms with Gasteiger partial charge in [0.1, 0.15) is 5.01 Å². The van der Waals surface area contributed by atoms with Crippen LogP contribution in [0.5, 0.6) is 0 Å². The third-order valence-electron chi connectivity index (χ3n) is 5.30. The maximum atomic E-state index is 12.8. The minimum Gasteiger partial charge on any atom is -0.357 e. The molecule has 0 amide bonds. The lowest BCUT2D eigenvalue weighted by molar-refractivity contribution is 0.273. The van der Waals surface area contributed by atoms with E-state index in [4.69, 9.17) is 0 Å². The molecule has 0 unspecified atom stereocenters. The zero-order valence-corrected chi connectivity index (χ0v) is 22.3. The molecule has 2 heterocycles. The van der Waals surface area contributed by atoms with Crippen molar-refractivity contribution in [3.05, 3.63) is 45.9 Å². The molecule has 1 aliphatic rings. The number of sulfonamides is 1. The van der Waals surface area contributed by atoms with Crippen LogP contribution < -0.4 is 10.6 Å². The maximum absolute atomic E-state index is 12.8. The Bertz CT molecular complexity index is 936. The van der Waals surface area contributed by atoms with Gasteiger partial charge in [-0.3, -0.25) is 0 Å². The minimum atomic E-state index is -3.40. The molecule has 1 aromatic heterocycles. The zero-order valence-electron chi connectivity index (χ0n) is 18.3. The first-order chi connectivity index (χ1) is 14.4. The van der Waals surface area contributed by atoms with E-state index < -0.39 is 10.0 Å². The molecule has 31 heavy (non-hydrogen) atoms. The molecule has 7 nitrogen and oxygen atoms in total. The normalized spacial score (nSPS) is 16.0. The Morgan fingerprint density at radius 2 is 1.87 bits per heavy atom. The number of piperidine rings is 1. The van der Waals surface area contributed by atoms with Crippen LogP contribution in [0.25, 0.3) is 0 Å². The molecule has 0 bridgehead atoms. The van der Waals surface area contributed by atoms with Crippen LogP contribution in [0.2, 0.25) is 0 Å². The Labute approximate surface area is 206 Å². The standard InChI is InChI=1S/C21H31N5O2S2.HI/c1-4-22-21(24-15-20-25-16(2)17(3)29-20)23-14-18-10-12-26(13-11-18)30(27,28)19-8-6-5-7-9-19;/h5-9,18H,4,10-15H2,1-3H3,(H2,22,23,24);1H. The molecular weight excluding hydrogens is 545 g/mol. The Kier molecular flexibility index (Phi) is 10.2. The lowest BCUT2D eigenvalue weighted by Gasteiger charge is -2.31. The van der Waals surface area contributed by atoms with E-state index in [-0.39, 0.29) is 24.0 Å². The fraction of sp³-hybridized carbons (Fsp3) is 0.524. The summed E-state index contributed by atoms with van der Waals surface area (Å²) in [6.45, 7) is 9.37. The van der Waals surface area contributed by atoms with Crippen LogP contribution in [0.3, 0.4) is 0 Å². The summed E-state index contributed by atoms with van der Waals surface area (Å²) in [6.07, 6.45) is 1.67. The molecule has 1 saturated heterocycles. The number of nitrogens with zero attached hydrogens (tertiary/aromatic N) is 3. The number of hydrogen-bond acceptors (Lipinski definition) is 5. The predicted octanol–water partition coefficient (Wildman–Crippen LogP) is 3.53. The molecule has 3 rings (SSSR count). The largest absolute Gasteiger partial charge is 0.357 e. The molecule has 0 spiro atoms. The molecule has 0 radical (unpaired) electrons. The molecule has 1 aromatic carbocycles. The Hall–Kier alpha value is -1.24. The van der Waals surface area contributed by atoms with E-state index in [1.165, 1.54) is 4.88 Å². The highest BCUT2D eigenvalue weighted by Crippen LogP contribution is 2.23. The van der Waals surface area contributed by atoms with E-state index in [0.717, 1.165) is 42.6 Å². The summed E-state index contributed by atoms with van der Waals surface area (Å²) in [7, 11) is -3.40. The SMILES string of the molecule is CCNC(=NCc1nc(C)c(C)s1)NCC1CCN(S(=O)(=O)c2ccccc2)CC1.I. The average molecular weight is 578 g/mol. The van der Waals surface area contributed by atoms with Gasteiger partial charge in [0, 0.05) is 31.1 Å². The van der Waals surface area contributed by atoms with Gasteiger partial charge in [-0.2, -0.15) is 4.31 Å². The maximum Gasteiger partial charge on any atom is 0.243 e. The van der Waals surface area contributed by atoms with Gasteiger partial charge in [-0.1, -0.05) is 18.2 Å². The van der Waals surface area contributed by atoms with E-state index in [1.54, 1.807) is 39.9 Å². The van der Waals surface area contributed by atoms with Crippen LogP contribution in [0.15, 0.2) is 40.2 Å². The molecule has 2 aromatic rings. The van der Waals surface area contributed by atoms with Crippen molar-refractivity contribution in [2.24, 2.45) is 10.9 Å². The van der Waals surface area contributed by atoms with Gasteiger partial charge in [0.15, 0.2) is 5.96 Å². The van der Waals surface area contributed by atoms with Crippen molar-refractivity contribution in [2.75, 3.05) is 26.2 Å². The number of aryl methyl sites for hydroxylation is 2. The van der Waals surface area contributed by atoms with Gasteiger partial charge >= 0.3 is 0 Å². The highest BCUT2D eigenvalue weighted by atomic mass is 127. The zero-order chi connectivity index (χ0) is 21.6. The number of nitrogens with one attached hydrogen (secondary N) is 2. The number of halogens is 1. The molecular formula is C21H32IN5O2S2. The number of hydrogen-bond donors (Lipinski definition) is 2. The van der Waals surface area contributed by atoms with Crippen molar-refractivity contribution in [3.8, 4) is 0 Å². The Balaban J connectivity index is 0.00000341. The topological polar surface area (TPSA) is 86.7 Å². The highest BCUT2D eigenvalue weighted by Gasteiger charge is 2.29. The fourth-order valence-electron chi connectivity index (χ4n) is 3.43. The van der Waals surface area contributed by atoms with Crippen molar-refractivity contribution in [1.82, 2.24) is 19.9 Å². The number of aromatic nitrogens is 1. The Morgan fingerprint density at radius 1 is 1.19 bits per heavy atom. The van der Waals surface area contributed by atoms with E-state index >= 15 is 0 Å². The molecule has 1 aliphatic heterocycles. The second kappa shape index (κ2) is 12.1. The van der Waals surface area contributed by atoms with Crippen LogP contribution in [-0.2, 0) is 16.6 Å². The summed E-state index contributed by atoms with van der Waals surface area (Å²) in [4.78, 5) is 10.8. The predicted molar refractivity (Wildman–Crippen MR) is 138 cm³/mol. The Morgan fingerprint density at radius 3 is 2.45 bits per heavy atom. The fourth-order valence-corrected chi connectivity index (χ4v) is 5.78. The number of rotatable bonds is 7. The molecule has 2 N–H and O–H groups in total. The van der Waals surface area contributed by atoms with E-state index in [0.29, 0.717) is 30.4 Å². The van der Waals surface area contributed by atoms with Crippen LogP contribution in [0.1, 0.15) is 35.3 Å². The van der Waals surface area contributed by atoms with Crippen molar-refractivity contribution in [2.45, 2.75) is 45.1 Å². The second-order valence-electron chi connectivity index (χ2n) is 7.49. The van der Waals surface area contributed by atoms with Gasteiger partial charge in [-0.25, -0.2) is 18.4 Å². The number of guanidine groups is 1. The van der Waals surface area contributed by atoms with Gasteiger partial charge < -0.3 is 10.6 Å². The summed E-state index contributed by atoms with van der Waals surface area (Å²) < 4.78 is 27.1. The summed E-state index contributed by atoms with van der Waals surface area (Å²) in [5.41, 5.74) is 1.07. The van der Waals surface area contributed by atoms with Gasteiger partial charge in [0.2, 0.25) is 10.0 Å². The van der Waals surface area contributed by atoms with Crippen LogP contribution >= 0.6 is 35.3 Å². The van der Waals surface area contributed by atoms with Crippen molar-refractivity contribution in [1.29, 1.82) is 0 Å². The highest BCUT2D eigenvalue weighted by molar-refractivity contribution is 14.0. The first kappa shape index (κ1) is 26.0. The minimum absolute atomic E-state index is 0. The van der Waals surface area contributed by atoms with Crippen LogP contribution in [0.4, 0.5) is 0 Å². The smallest absolute Gasteiger partial charge is 0.243 e. The molecule has 1 fully saturated rings. The average Bonchev–Trinajstić information content (AvgIpc) is 3.08. The molecule has 0 saturated carbocycles. The monoisotopic (exact) mass is 577 g/mol. The summed E-state index contributed by atoms with van der Waals surface area (Å²) in [5.74, 6) is 1.20. The molecule has 10 heteroatoms. The third kappa shape index (κ3) is 7.13. The van der Waals surface area contributed by atoms with Gasteiger partial charge in [0.05, 0.1) is 17.1 Å². The van der Waals surface area contributed by atoms with Gasteiger partial charge in [-0.15, -0.1) is 35.3 Å². The van der Waals surface area contributed by atoms with Crippen LogP contribution in [0, 0.1) is 19.8 Å². The van der Waals surface area contributed by atoms with Crippen LogP contribution in [-0.4, -0.2) is 49.8 Å². The van der Waals surface area contributed by atoms with E-state index in [1.807, 2.05) is 19.9 Å². The molecule has 172 valence electrons. The van der Waals surface area contributed by atoms with Gasteiger partial charge in [0.25, 0.3) is 0 Å². The molecule has 0 atom stereocenters. The lowest BCUT2D eigenvalue weighted by Crippen LogP contribution is -2.44. The van der Waals surface area contributed by atoms with Crippen molar-refractivity contribution < 1.29 is 8.42 Å². The lowest BCUT2D eigenvalue weighted by atomic mass is 9.98. The van der Waals surface area contributed by atoms with Crippen molar-refractivity contribution in [3.63, 3.8) is 0 Å². The van der Waals surface area contributed by atoms with E-state index in [2.05, 4.69) is 27.5 Å². The first-order valence-corrected chi connectivity index (χ1v) is 12.7. The van der Waals surface area contributed by atoms with Gasteiger partial charge in [-0.05, 0) is 51.7 Å². The van der Waals surface area contributed by atoms with Crippen molar-refractivity contribution >= 4 is 51.3 Å². The summed E-state index contributed by atoms with van der Waals surface area (Å²) in [5, 5.41) is 7.71. The summed E-state index contributed by atoms with van der Waals surface area (Å²) >= 11 is 1.69. The molecule has 0 aliphatic carbocycles. The first-order valence-electron chi connectivity index (χ1n) is 10.4. The quantitative estimate of drug-likeness (QED) is 0.299. The third-order valence-corrected chi connectivity index (χ3v) is 8.27.